The molecule has 0 saturated heterocycles. The molecule has 0 aromatic heterocycles. The van der Waals surface area contributed by atoms with Gasteiger partial charge in [0.1, 0.15) is 0 Å². The highest BCUT2D eigenvalue weighted by molar-refractivity contribution is 5.32. The van der Waals surface area contributed by atoms with E-state index in [-0.39, 0.29) is 0 Å². The second-order valence-electron chi connectivity index (χ2n) is 6.33. The first-order valence-electron chi connectivity index (χ1n) is 7.93. The van der Waals surface area contributed by atoms with Crippen molar-refractivity contribution in [3.05, 3.63) is 34.9 Å². The lowest BCUT2D eigenvalue weighted by Gasteiger charge is -2.38. The minimum Gasteiger partial charge on any atom is -0.310 e. The van der Waals surface area contributed by atoms with Gasteiger partial charge in [-0.1, -0.05) is 56.0 Å². The number of aryl methyl sites for hydroxylation is 2. The fourth-order valence-corrected chi connectivity index (χ4v) is 3.99. The minimum atomic E-state index is 0.482. The predicted octanol–water partition coefficient (Wildman–Crippen LogP) is 4.92. The Morgan fingerprint density at radius 3 is 2.11 bits per heavy atom. The topological polar surface area (TPSA) is 12.0 Å². The van der Waals surface area contributed by atoms with Gasteiger partial charge in [-0.3, -0.25) is 0 Å². The summed E-state index contributed by atoms with van der Waals surface area (Å²) in [7, 11) is 0. The Morgan fingerprint density at radius 2 is 1.63 bits per heavy atom. The minimum absolute atomic E-state index is 0.482. The molecule has 0 heterocycles. The molecule has 1 atom stereocenters. The zero-order chi connectivity index (χ0) is 13.9. The van der Waals surface area contributed by atoms with E-state index in [1.165, 1.54) is 48.8 Å². The number of hydrogen-bond acceptors (Lipinski definition) is 1. The third kappa shape index (κ3) is 3.02. The van der Waals surface area contributed by atoms with E-state index in [4.69, 9.17) is 0 Å². The Kier molecular flexibility index (Phi) is 4.67. The van der Waals surface area contributed by atoms with Gasteiger partial charge in [0.05, 0.1) is 0 Å². The van der Waals surface area contributed by atoms with Gasteiger partial charge in [-0.15, -0.1) is 0 Å². The Labute approximate surface area is 118 Å². The zero-order valence-electron chi connectivity index (χ0n) is 13.1. The second-order valence-corrected chi connectivity index (χ2v) is 6.33. The van der Waals surface area contributed by atoms with Crippen molar-refractivity contribution in [1.29, 1.82) is 0 Å². The summed E-state index contributed by atoms with van der Waals surface area (Å²) in [6, 6.07) is 7.58. The Hall–Kier alpha value is -0.820. The van der Waals surface area contributed by atoms with Crippen molar-refractivity contribution in [2.24, 2.45) is 5.41 Å². The SMILES string of the molecule is CCNC(c1cc(C)cc(C)c1)C1(CC)CCCC1. The molecule has 0 aliphatic heterocycles. The van der Waals surface area contributed by atoms with Gasteiger partial charge in [0, 0.05) is 6.04 Å². The number of nitrogens with one attached hydrogen (secondary N) is 1. The van der Waals surface area contributed by atoms with Gasteiger partial charge >= 0.3 is 0 Å². The molecule has 1 aromatic carbocycles. The van der Waals surface area contributed by atoms with Gasteiger partial charge in [0.25, 0.3) is 0 Å². The maximum Gasteiger partial charge on any atom is 0.0377 e. The Bertz CT molecular complexity index is 395. The van der Waals surface area contributed by atoms with E-state index in [9.17, 15) is 0 Å². The standard InChI is InChI=1S/C18H29N/c1-5-18(9-7-8-10-18)17(19-6-2)16-12-14(3)11-15(4)13-16/h11-13,17,19H,5-10H2,1-4H3. The first-order chi connectivity index (χ1) is 9.11. The highest BCUT2D eigenvalue weighted by Crippen LogP contribution is 2.50. The summed E-state index contributed by atoms with van der Waals surface area (Å²) in [5.74, 6) is 0. The van der Waals surface area contributed by atoms with Crippen molar-refractivity contribution in [1.82, 2.24) is 5.32 Å². The summed E-state index contributed by atoms with van der Waals surface area (Å²) in [4.78, 5) is 0. The fourth-order valence-electron chi connectivity index (χ4n) is 3.99. The summed E-state index contributed by atoms with van der Waals surface area (Å²) < 4.78 is 0. The first-order valence-corrected chi connectivity index (χ1v) is 7.93. The van der Waals surface area contributed by atoms with Crippen molar-refractivity contribution < 1.29 is 0 Å². The molecular weight excluding hydrogens is 230 g/mol. The normalized spacial score (nSPS) is 19.6. The quantitative estimate of drug-likeness (QED) is 0.791. The maximum absolute atomic E-state index is 3.79. The van der Waals surface area contributed by atoms with Crippen molar-refractivity contribution in [3.8, 4) is 0 Å². The van der Waals surface area contributed by atoms with E-state index < -0.39 is 0 Å². The monoisotopic (exact) mass is 259 g/mol. The van der Waals surface area contributed by atoms with Crippen LogP contribution in [0.5, 0.6) is 0 Å². The molecule has 1 N–H and O–H groups in total. The van der Waals surface area contributed by atoms with Crippen LogP contribution in [0.1, 0.15) is 68.7 Å². The van der Waals surface area contributed by atoms with Crippen molar-refractivity contribution in [2.75, 3.05) is 6.54 Å². The molecule has 1 aliphatic carbocycles. The largest absolute Gasteiger partial charge is 0.310 e. The first kappa shape index (κ1) is 14.6. The van der Waals surface area contributed by atoms with Crippen LogP contribution in [0.2, 0.25) is 0 Å². The molecule has 0 spiro atoms. The van der Waals surface area contributed by atoms with Gasteiger partial charge in [-0.05, 0) is 50.6 Å². The summed E-state index contributed by atoms with van der Waals surface area (Å²) in [6.45, 7) is 10.1. The molecule has 106 valence electrons. The Morgan fingerprint density at radius 1 is 1.05 bits per heavy atom. The highest BCUT2D eigenvalue weighted by Gasteiger charge is 2.40. The number of hydrogen-bond donors (Lipinski definition) is 1. The third-order valence-corrected chi connectivity index (χ3v) is 4.90. The maximum atomic E-state index is 3.79. The van der Waals surface area contributed by atoms with Gasteiger partial charge in [0.2, 0.25) is 0 Å². The molecule has 1 unspecified atom stereocenters. The van der Waals surface area contributed by atoms with Crippen LogP contribution in [0, 0.1) is 19.3 Å². The molecule has 2 rings (SSSR count). The van der Waals surface area contributed by atoms with Crippen molar-refractivity contribution in [3.63, 3.8) is 0 Å². The average molecular weight is 259 g/mol. The summed E-state index contributed by atoms with van der Waals surface area (Å²) in [6.07, 6.45) is 6.86. The lowest BCUT2D eigenvalue weighted by Crippen LogP contribution is -2.36. The van der Waals surface area contributed by atoms with Crippen LogP contribution >= 0.6 is 0 Å². The molecule has 0 amide bonds. The van der Waals surface area contributed by atoms with Crippen LogP contribution in [-0.2, 0) is 0 Å². The number of benzene rings is 1. The van der Waals surface area contributed by atoms with Gasteiger partial charge < -0.3 is 5.32 Å². The van der Waals surface area contributed by atoms with Crippen LogP contribution in [0.4, 0.5) is 0 Å². The highest BCUT2D eigenvalue weighted by atomic mass is 14.9. The molecule has 1 aliphatic rings. The molecule has 1 heteroatoms. The van der Waals surface area contributed by atoms with E-state index in [0.717, 1.165) is 6.54 Å². The lowest BCUT2D eigenvalue weighted by atomic mass is 9.73. The molecule has 0 radical (unpaired) electrons. The molecule has 1 saturated carbocycles. The molecule has 1 fully saturated rings. The van der Waals surface area contributed by atoms with Gasteiger partial charge in [0.15, 0.2) is 0 Å². The summed E-state index contributed by atoms with van der Waals surface area (Å²) >= 11 is 0. The molecule has 19 heavy (non-hydrogen) atoms. The van der Waals surface area contributed by atoms with Crippen LogP contribution in [0.15, 0.2) is 18.2 Å². The molecule has 1 aromatic rings. The second kappa shape index (κ2) is 6.09. The van der Waals surface area contributed by atoms with Crippen molar-refractivity contribution >= 4 is 0 Å². The fraction of sp³-hybridized carbons (Fsp3) is 0.667. The van der Waals surface area contributed by atoms with Crippen LogP contribution in [0.25, 0.3) is 0 Å². The molecule has 0 bridgehead atoms. The third-order valence-electron chi connectivity index (χ3n) is 4.90. The van der Waals surface area contributed by atoms with E-state index in [2.05, 4.69) is 51.2 Å². The van der Waals surface area contributed by atoms with E-state index in [0.29, 0.717) is 11.5 Å². The van der Waals surface area contributed by atoms with E-state index >= 15 is 0 Å². The Balaban J connectivity index is 2.38. The molecular formula is C18H29N. The average Bonchev–Trinajstić information content (AvgIpc) is 2.84. The number of rotatable bonds is 5. The van der Waals surface area contributed by atoms with Crippen LogP contribution < -0.4 is 5.32 Å². The van der Waals surface area contributed by atoms with E-state index in [1.807, 2.05) is 0 Å². The lowest BCUT2D eigenvalue weighted by molar-refractivity contribution is 0.189. The summed E-state index contributed by atoms with van der Waals surface area (Å²) in [5, 5.41) is 3.79. The zero-order valence-corrected chi connectivity index (χ0v) is 13.1. The summed E-state index contributed by atoms with van der Waals surface area (Å²) in [5.41, 5.74) is 4.77. The van der Waals surface area contributed by atoms with Crippen LogP contribution in [0.3, 0.4) is 0 Å². The van der Waals surface area contributed by atoms with Crippen molar-refractivity contribution in [2.45, 2.75) is 65.8 Å². The van der Waals surface area contributed by atoms with Crippen LogP contribution in [-0.4, -0.2) is 6.54 Å². The van der Waals surface area contributed by atoms with Gasteiger partial charge in [-0.2, -0.15) is 0 Å². The molecule has 1 nitrogen and oxygen atoms in total. The van der Waals surface area contributed by atoms with E-state index in [1.54, 1.807) is 0 Å². The predicted molar refractivity (Wildman–Crippen MR) is 83.5 cm³/mol. The van der Waals surface area contributed by atoms with Gasteiger partial charge in [-0.25, -0.2) is 0 Å². The smallest absolute Gasteiger partial charge is 0.0377 e.